The second-order valence-electron chi connectivity index (χ2n) is 4.17. The van der Waals surface area contributed by atoms with Crippen molar-refractivity contribution in [3.8, 4) is 0 Å². The molecule has 0 amide bonds. The predicted molar refractivity (Wildman–Crippen MR) is 74.4 cm³/mol. The van der Waals surface area contributed by atoms with E-state index in [4.69, 9.17) is 0 Å². The van der Waals surface area contributed by atoms with E-state index in [0.29, 0.717) is 11.6 Å². The normalized spacial score (nSPS) is 10.9. The molecule has 0 aliphatic heterocycles. The summed E-state index contributed by atoms with van der Waals surface area (Å²) in [5.74, 6) is -0.590. The van der Waals surface area contributed by atoms with Crippen molar-refractivity contribution in [1.82, 2.24) is 14.6 Å². The van der Waals surface area contributed by atoms with Crippen LogP contribution >= 0.6 is 15.9 Å². The van der Waals surface area contributed by atoms with E-state index >= 15 is 0 Å². The smallest absolute Gasteiger partial charge is 0.243 e. The second kappa shape index (κ2) is 5.16. The summed E-state index contributed by atoms with van der Waals surface area (Å²) in [5, 5.41) is 7.06. The summed E-state index contributed by atoms with van der Waals surface area (Å²) in [6.45, 7) is 0.113. The molecule has 3 aromatic rings. The van der Waals surface area contributed by atoms with Gasteiger partial charge in [-0.1, -0.05) is 0 Å². The first-order valence-corrected chi connectivity index (χ1v) is 6.61. The zero-order chi connectivity index (χ0) is 14.1. The van der Waals surface area contributed by atoms with Crippen LogP contribution in [0.4, 0.5) is 14.7 Å². The van der Waals surface area contributed by atoms with Crippen LogP contribution in [-0.4, -0.2) is 14.6 Å². The highest BCUT2D eigenvalue weighted by Gasteiger charge is 2.07. The van der Waals surface area contributed by atoms with Crippen LogP contribution in [-0.2, 0) is 6.54 Å². The van der Waals surface area contributed by atoms with Crippen molar-refractivity contribution in [3.05, 3.63) is 58.2 Å². The molecule has 7 heteroatoms. The van der Waals surface area contributed by atoms with Gasteiger partial charge in [-0.05, 0) is 46.3 Å². The summed E-state index contributed by atoms with van der Waals surface area (Å²) in [5.41, 5.74) is 0.889. The molecule has 2 heterocycles. The molecule has 0 atom stereocenters. The van der Waals surface area contributed by atoms with Gasteiger partial charge in [-0.3, -0.25) is 0 Å². The van der Waals surface area contributed by atoms with Crippen molar-refractivity contribution in [2.75, 3.05) is 5.32 Å². The standard InChI is InChI=1S/C13H9BrF2N4/c14-9-1-4-12-18-13(19-20(12)7-9)17-6-8-5-10(15)2-3-11(8)16/h1-5,7H,6H2,(H,17,19). The Morgan fingerprint density at radius 2 is 2.05 bits per heavy atom. The second-order valence-corrected chi connectivity index (χ2v) is 5.09. The fraction of sp³-hybridized carbons (Fsp3) is 0.0769. The third kappa shape index (κ3) is 2.62. The number of hydrogen-bond donors (Lipinski definition) is 1. The summed E-state index contributed by atoms with van der Waals surface area (Å²) in [6, 6.07) is 6.97. The Balaban J connectivity index is 1.81. The SMILES string of the molecule is Fc1ccc(F)c(CNc2nc3ccc(Br)cn3n2)c1. The van der Waals surface area contributed by atoms with Gasteiger partial charge >= 0.3 is 0 Å². The van der Waals surface area contributed by atoms with Gasteiger partial charge in [-0.15, -0.1) is 5.10 Å². The number of pyridine rings is 1. The number of rotatable bonds is 3. The van der Waals surface area contributed by atoms with Crippen LogP contribution in [0.5, 0.6) is 0 Å². The predicted octanol–water partition coefficient (Wildman–Crippen LogP) is 3.38. The molecule has 1 aromatic carbocycles. The molecule has 0 bridgehead atoms. The van der Waals surface area contributed by atoms with Gasteiger partial charge in [0.1, 0.15) is 11.6 Å². The highest BCUT2D eigenvalue weighted by molar-refractivity contribution is 9.10. The fourth-order valence-corrected chi connectivity index (χ4v) is 2.11. The summed E-state index contributed by atoms with van der Waals surface area (Å²) in [7, 11) is 0. The fourth-order valence-electron chi connectivity index (χ4n) is 1.79. The van der Waals surface area contributed by atoms with Crippen molar-refractivity contribution < 1.29 is 8.78 Å². The minimum Gasteiger partial charge on any atom is -0.349 e. The van der Waals surface area contributed by atoms with E-state index < -0.39 is 11.6 Å². The number of fused-ring (bicyclic) bond motifs is 1. The summed E-state index contributed by atoms with van der Waals surface area (Å²) in [6.07, 6.45) is 1.76. The Morgan fingerprint density at radius 1 is 1.20 bits per heavy atom. The number of nitrogens with one attached hydrogen (secondary N) is 1. The Labute approximate surface area is 121 Å². The molecule has 1 N–H and O–H groups in total. The number of halogens is 3. The van der Waals surface area contributed by atoms with Gasteiger partial charge in [0.2, 0.25) is 5.95 Å². The molecule has 20 heavy (non-hydrogen) atoms. The lowest BCUT2D eigenvalue weighted by molar-refractivity contribution is 0.587. The first kappa shape index (κ1) is 13.0. The van der Waals surface area contributed by atoms with Crippen molar-refractivity contribution in [3.63, 3.8) is 0 Å². The van der Waals surface area contributed by atoms with Gasteiger partial charge in [0.15, 0.2) is 5.65 Å². The van der Waals surface area contributed by atoms with Gasteiger partial charge in [0.25, 0.3) is 0 Å². The third-order valence-corrected chi connectivity index (χ3v) is 3.21. The monoisotopic (exact) mass is 338 g/mol. The van der Waals surface area contributed by atoms with E-state index in [9.17, 15) is 8.78 Å². The molecular formula is C13H9BrF2N4. The maximum atomic E-state index is 13.5. The molecule has 4 nitrogen and oxygen atoms in total. The van der Waals surface area contributed by atoms with Crippen molar-refractivity contribution >= 4 is 27.5 Å². The van der Waals surface area contributed by atoms with E-state index in [2.05, 4.69) is 31.3 Å². The summed E-state index contributed by atoms with van der Waals surface area (Å²) >= 11 is 3.33. The van der Waals surface area contributed by atoms with E-state index in [1.807, 2.05) is 6.07 Å². The zero-order valence-corrected chi connectivity index (χ0v) is 11.7. The van der Waals surface area contributed by atoms with Crippen LogP contribution in [0, 0.1) is 11.6 Å². The number of nitrogens with zero attached hydrogens (tertiary/aromatic N) is 3. The Bertz CT molecular complexity index is 772. The number of hydrogen-bond acceptors (Lipinski definition) is 3. The molecule has 0 aliphatic carbocycles. The lowest BCUT2D eigenvalue weighted by Gasteiger charge is -2.03. The quantitative estimate of drug-likeness (QED) is 0.796. The van der Waals surface area contributed by atoms with Crippen LogP contribution in [0.15, 0.2) is 41.0 Å². The van der Waals surface area contributed by atoms with Crippen molar-refractivity contribution in [2.24, 2.45) is 0 Å². The Hall–Kier alpha value is -2.02. The van der Waals surface area contributed by atoms with Crippen LogP contribution < -0.4 is 5.32 Å². The lowest BCUT2D eigenvalue weighted by atomic mass is 10.2. The zero-order valence-electron chi connectivity index (χ0n) is 10.1. The number of benzene rings is 1. The topological polar surface area (TPSA) is 42.2 Å². The summed E-state index contributed by atoms with van der Waals surface area (Å²) in [4.78, 5) is 4.22. The van der Waals surface area contributed by atoms with Crippen LogP contribution in [0.25, 0.3) is 5.65 Å². The first-order chi connectivity index (χ1) is 9.61. The van der Waals surface area contributed by atoms with Crippen LogP contribution in [0.2, 0.25) is 0 Å². The Morgan fingerprint density at radius 3 is 2.90 bits per heavy atom. The molecule has 102 valence electrons. The molecule has 0 aliphatic rings. The highest BCUT2D eigenvalue weighted by Crippen LogP contribution is 2.14. The van der Waals surface area contributed by atoms with E-state index in [1.165, 1.54) is 0 Å². The van der Waals surface area contributed by atoms with Crippen molar-refractivity contribution in [2.45, 2.75) is 6.54 Å². The molecular weight excluding hydrogens is 330 g/mol. The van der Waals surface area contributed by atoms with E-state index in [-0.39, 0.29) is 12.1 Å². The van der Waals surface area contributed by atoms with Gasteiger partial charge in [0.05, 0.1) is 0 Å². The average molecular weight is 339 g/mol. The molecule has 0 unspecified atom stereocenters. The van der Waals surface area contributed by atoms with Crippen LogP contribution in [0.1, 0.15) is 5.56 Å². The molecule has 0 spiro atoms. The molecule has 0 radical (unpaired) electrons. The van der Waals surface area contributed by atoms with E-state index in [1.54, 1.807) is 16.8 Å². The maximum Gasteiger partial charge on any atom is 0.243 e. The molecule has 3 rings (SSSR count). The molecule has 0 saturated carbocycles. The Kier molecular flexibility index (Phi) is 3.35. The van der Waals surface area contributed by atoms with Crippen LogP contribution in [0.3, 0.4) is 0 Å². The van der Waals surface area contributed by atoms with Gasteiger partial charge in [-0.25, -0.2) is 13.3 Å². The molecule has 0 saturated heterocycles. The lowest BCUT2D eigenvalue weighted by Crippen LogP contribution is -2.03. The van der Waals surface area contributed by atoms with Gasteiger partial charge < -0.3 is 5.32 Å². The average Bonchev–Trinajstić information content (AvgIpc) is 2.81. The third-order valence-electron chi connectivity index (χ3n) is 2.74. The minimum absolute atomic E-state index is 0.113. The molecule has 2 aromatic heterocycles. The van der Waals surface area contributed by atoms with Gasteiger partial charge in [-0.2, -0.15) is 4.98 Å². The minimum atomic E-state index is -0.477. The van der Waals surface area contributed by atoms with Crippen molar-refractivity contribution in [1.29, 1.82) is 0 Å². The largest absolute Gasteiger partial charge is 0.349 e. The molecule has 0 fully saturated rings. The summed E-state index contributed by atoms with van der Waals surface area (Å²) < 4.78 is 29.0. The van der Waals surface area contributed by atoms with E-state index in [0.717, 1.165) is 22.7 Å². The number of aromatic nitrogens is 3. The first-order valence-electron chi connectivity index (χ1n) is 5.81. The maximum absolute atomic E-state index is 13.5. The van der Waals surface area contributed by atoms with Gasteiger partial charge in [0, 0.05) is 22.8 Å². The highest BCUT2D eigenvalue weighted by atomic mass is 79.9. The number of anilines is 1.